The number of carbonyl (C=O) groups excluding carboxylic acids is 2. The van der Waals surface area contributed by atoms with Gasteiger partial charge < -0.3 is 15.4 Å². The Hall–Kier alpha value is -2.82. The van der Waals surface area contributed by atoms with Gasteiger partial charge in [-0.3, -0.25) is 4.79 Å². The molecule has 0 saturated carbocycles. The summed E-state index contributed by atoms with van der Waals surface area (Å²) in [4.78, 5) is 23.2. The van der Waals surface area contributed by atoms with Crippen LogP contribution in [0.1, 0.15) is 22.8 Å². The molecule has 2 aromatic rings. The van der Waals surface area contributed by atoms with E-state index in [0.29, 0.717) is 5.56 Å². The molecule has 5 heteroatoms. The zero-order valence-electron chi connectivity index (χ0n) is 13.3. The third-order valence-corrected chi connectivity index (χ3v) is 3.41. The topological polar surface area (TPSA) is 67.4 Å². The van der Waals surface area contributed by atoms with Crippen LogP contribution < -0.4 is 10.6 Å². The first-order chi connectivity index (χ1) is 11.1. The molecule has 120 valence electrons. The summed E-state index contributed by atoms with van der Waals surface area (Å²) in [6, 6.07) is 14.5. The lowest BCUT2D eigenvalue weighted by Gasteiger charge is -2.09. The van der Waals surface area contributed by atoms with E-state index in [1.807, 2.05) is 24.3 Å². The van der Waals surface area contributed by atoms with Gasteiger partial charge in [-0.25, -0.2) is 4.79 Å². The number of anilines is 2. The highest BCUT2D eigenvalue weighted by molar-refractivity contribution is 5.94. The number of hydrogen-bond acceptors (Lipinski definition) is 4. The number of amides is 1. The number of nitrogens with one attached hydrogen (secondary N) is 2. The summed E-state index contributed by atoms with van der Waals surface area (Å²) < 4.78 is 4.63. The maximum Gasteiger partial charge on any atom is 0.337 e. The number of aryl methyl sites for hydroxylation is 1. The second-order valence-electron chi connectivity index (χ2n) is 5.02. The molecule has 0 aliphatic carbocycles. The summed E-state index contributed by atoms with van der Waals surface area (Å²) in [5, 5.41) is 5.83. The molecule has 2 aromatic carbocycles. The molecule has 0 aliphatic rings. The first-order valence-electron chi connectivity index (χ1n) is 7.43. The van der Waals surface area contributed by atoms with Crippen LogP contribution >= 0.6 is 0 Å². The fourth-order valence-corrected chi connectivity index (χ4v) is 2.05. The van der Waals surface area contributed by atoms with Crippen LogP contribution in [-0.4, -0.2) is 25.5 Å². The van der Waals surface area contributed by atoms with Crippen LogP contribution in [0.15, 0.2) is 48.5 Å². The van der Waals surface area contributed by atoms with Crippen LogP contribution in [0.4, 0.5) is 11.4 Å². The number of benzene rings is 2. The van der Waals surface area contributed by atoms with Gasteiger partial charge in [0.1, 0.15) is 0 Å². The predicted octanol–water partition coefficient (Wildman–Crippen LogP) is 3.09. The zero-order valence-corrected chi connectivity index (χ0v) is 13.3. The van der Waals surface area contributed by atoms with Crippen LogP contribution in [0, 0.1) is 0 Å². The maximum atomic E-state index is 11.9. The standard InChI is InChI=1S/C18H20N2O3/c1-3-13-4-8-16(9-5-13)20-17(21)12-19-15-10-6-14(7-11-15)18(22)23-2/h4-11,19H,3,12H2,1-2H3,(H,20,21). The van der Waals surface area contributed by atoms with E-state index in [1.54, 1.807) is 24.3 Å². The van der Waals surface area contributed by atoms with Gasteiger partial charge in [0.2, 0.25) is 5.91 Å². The quantitative estimate of drug-likeness (QED) is 0.804. The number of carbonyl (C=O) groups is 2. The first kappa shape index (κ1) is 16.5. The van der Waals surface area contributed by atoms with Crippen molar-refractivity contribution in [3.8, 4) is 0 Å². The van der Waals surface area contributed by atoms with Gasteiger partial charge in [-0.15, -0.1) is 0 Å². The minimum Gasteiger partial charge on any atom is -0.465 e. The van der Waals surface area contributed by atoms with Crippen LogP contribution in [-0.2, 0) is 16.0 Å². The van der Waals surface area contributed by atoms with E-state index >= 15 is 0 Å². The monoisotopic (exact) mass is 312 g/mol. The minimum absolute atomic E-state index is 0.133. The van der Waals surface area contributed by atoms with Crippen molar-refractivity contribution in [2.45, 2.75) is 13.3 Å². The molecule has 0 radical (unpaired) electrons. The van der Waals surface area contributed by atoms with Gasteiger partial charge in [0.15, 0.2) is 0 Å². The van der Waals surface area contributed by atoms with Crippen molar-refractivity contribution < 1.29 is 14.3 Å². The maximum absolute atomic E-state index is 11.9. The van der Waals surface area contributed by atoms with E-state index in [0.717, 1.165) is 17.8 Å². The Kier molecular flexibility index (Phi) is 5.74. The van der Waals surface area contributed by atoms with Crippen molar-refractivity contribution in [2.24, 2.45) is 0 Å². The highest BCUT2D eigenvalue weighted by atomic mass is 16.5. The zero-order chi connectivity index (χ0) is 16.7. The van der Waals surface area contributed by atoms with Crippen LogP contribution in [0.25, 0.3) is 0 Å². The molecule has 0 unspecified atom stereocenters. The Morgan fingerprint density at radius 1 is 0.957 bits per heavy atom. The molecule has 5 nitrogen and oxygen atoms in total. The van der Waals surface area contributed by atoms with Gasteiger partial charge >= 0.3 is 5.97 Å². The molecule has 2 N–H and O–H groups in total. The van der Waals surface area contributed by atoms with Crippen molar-refractivity contribution in [3.05, 3.63) is 59.7 Å². The summed E-state index contributed by atoms with van der Waals surface area (Å²) >= 11 is 0. The van der Waals surface area contributed by atoms with E-state index in [1.165, 1.54) is 12.7 Å². The minimum atomic E-state index is -0.384. The van der Waals surface area contributed by atoms with Crippen molar-refractivity contribution in [2.75, 3.05) is 24.3 Å². The van der Waals surface area contributed by atoms with Gasteiger partial charge in [-0.1, -0.05) is 19.1 Å². The number of hydrogen-bond donors (Lipinski definition) is 2. The Morgan fingerprint density at radius 2 is 1.57 bits per heavy atom. The lowest BCUT2D eigenvalue weighted by molar-refractivity contribution is -0.114. The molecule has 0 aliphatic heterocycles. The molecular weight excluding hydrogens is 292 g/mol. The van der Waals surface area contributed by atoms with Gasteiger partial charge in [-0.2, -0.15) is 0 Å². The summed E-state index contributed by atoms with van der Waals surface area (Å²) in [5.41, 5.74) is 3.23. The molecule has 2 rings (SSSR count). The summed E-state index contributed by atoms with van der Waals surface area (Å²) in [6.45, 7) is 2.23. The van der Waals surface area contributed by atoms with E-state index in [-0.39, 0.29) is 18.4 Å². The molecule has 0 fully saturated rings. The number of esters is 1. The molecule has 0 saturated heterocycles. The van der Waals surface area contributed by atoms with E-state index < -0.39 is 0 Å². The lowest BCUT2D eigenvalue weighted by Crippen LogP contribution is -2.21. The third kappa shape index (κ3) is 4.85. The van der Waals surface area contributed by atoms with Crippen LogP contribution in [0.2, 0.25) is 0 Å². The predicted molar refractivity (Wildman–Crippen MR) is 90.7 cm³/mol. The van der Waals surface area contributed by atoms with Gasteiger partial charge in [-0.05, 0) is 48.4 Å². The molecule has 0 atom stereocenters. The second-order valence-corrected chi connectivity index (χ2v) is 5.02. The number of ether oxygens (including phenoxy) is 1. The molecule has 0 heterocycles. The van der Waals surface area contributed by atoms with Gasteiger partial charge in [0.25, 0.3) is 0 Å². The lowest BCUT2D eigenvalue weighted by atomic mass is 10.1. The Labute approximate surface area is 135 Å². The van der Waals surface area contributed by atoms with Crippen molar-refractivity contribution in [1.29, 1.82) is 0 Å². The van der Waals surface area contributed by atoms with Crippen LogP contribution in [0.5, 0.6) is 0 Å². The summed E-state index contributed by atoms with van der Waals surface area (Å²) in [5.74, 6) is -0.517. The third-order valence-electron chi connectivity index (χ3n) is 3.41. The van der Waals surface area contributed by atoms with Crippen LogP contribution in [0.3, 0.4) is 0 Å². The van der Waals surface area contributed by atoms with Crippen molar-refractivity contribution >= 4 is 23.3 Å². The van der Waals surface area contributed by atoms with Crippen molar-refractivity contribution in [3.63, 3.8) is 0 Å². The molecule has 0 spiro atoms. The van der Waals surface area contributed by atoms with Crippen molar-refractivity contribution in [1.82, 2.24) is 0 Å². The average molecular weight is 312 g/mol. The average Bonchev–Trinajstić information content (AvgIpc) is 2.60. The summed E-state index contributed by atoms with van der Waals surface area (Å²) in [7, 11) is 1.34. The highest BCUT2D eigenvalue weighted by Gasteiger charge is 2.05. The largest absolute Gasteiger partial charge is 0.465 e. The van der Waals surface area contributed by atoms with E-state index in [2.05, 4.69) is 22.3 Å². The van der Waals surface area contributed by atoms with E-state index in [9.17, 15) is 9.59 Å². The summed E-state index contributed by atoms with van der Waals surface area (Å²) in [6.07, 6.45) is 0.970. The second kappa shape index (κ2) is 7.98. The molecular formula is C18H20N2O3. The fraction of sp³-hybridized carbons (Fsp3) is 0.222. The molecule has 23 heavy (non-hydrogen) atoms. The number of rotatable bonds is 6. The number of methoxy groups -OCH3 is 1. The SMILES string of the molecule is CCc1ccc(NC(=O)CNc2ccc(C(=O)OC)cc2)cc1. The molecule has 0 aromatic heterocycles. The highest BCUT2D eigenvalue weighted by Crippen LogP contribution is 2.11. The van der Waals surface area contributed by atoms with Gasteiger partial charge in [0, 0.05) is 11.4 Å². The molecule has 1 amide bonds. The Morgan fingerprint density at radius 3 is 2.13 bits per heavy atom. The van der Waals surface area contributed by atoms with Gasteiger partial charge in [0.05, 0.1) is 19.2 Å². The first-order valence-corrected chi connectivity index (χ1v) is 7.43. The normalized spacial score (nSPS) is 10.0. The molecule has 0 bridgehead atoms. The fourth-order valence-electron chi connectivity index (χ4n) is 2.05. The smallest absolute Gasteiger partial charge is 0.337 e. The Balaban J connectivity index is 1.84. The van der Waals surface area contributed by atoms with E-state index in [4.69, 9.17) is 0 Å². The Bertz CT molecular complexity index is 664.